The van der Waals surface area contributed by atoms with Crippen LogP contribution in [0.1, 0.15) is 26.5 Å². The number of carbonyl (C=O) groups is 1. The fraction of sp³-hybridized carbons (Fsp3) is 0.600. The molecule has 14 heavy (non-hydrogen) atoms. The molecule has 4 heteroatoms. The predicted octanol–water partition coefficient (Wildman–Crippen LogP) is 2.15. The number of amides is 1. The van der Waals surface area contributed by atoms with Crippen LogP contribution in [0.5, 0.6) is 0 Å². The highest BCUT2D eigenvalue weighted by molar-refractivity contribution is 7.07. The van der Waals surface area contributed by atoms with Gasteiger partial charge < -0.3 is 4.90 Å². The molecule has 0 aliphatic carbocycles. The van der Waals surface area contributed by atoms with Gasteiger partial charge in [-0.3, -0.25) is 4.79 Å². The first kappa shape index (κ1) is 11.2. The van der Waals surface area contributed by atoms with Crippen LogP contribution in [0.4, 0.5) is 0 Å². The third kappa shape index (κ3) is 2.80. The molecule has 1 aromatic rings. The van der Waals surface area contributed by atoms with Gasteiger partial charge in [-0.05, 0) is 0 Å². The van der Waals surface area contributed by atoms with Crippen LogP contribution < -0.4 is 0 Å². The second-order valence-corrected chi connectivity index (χ2v) is 5.11. The summed E-state index contributed by atoms with van der Waals surface area (Å²) in [5, 5.41) is 1.96. The predicted molar refractivity (Wildman–Crippen MR) is 58.0 cm³/mol. The minimum absolute atomic E-state index is 0.144. The van der Waals surface area contributed by atoms with Crippen molar-refractivity contribution >= 4 is 17.2 Å². The summed E-state index contributed by atoms with van der Waals surface area (Å²) in [6, 6.07) is 0. The molecule has 0 saturated carbocycles. The highest BCUT2D eigenvalue weighted by Crippen LogP contribution is 2.17. The Hall–Kier alpha value is -0.900. The van der Waals surface area contributed by atoms with Gasteiger partial charge in [0.2, 0.25) is 5.91 Å². The Morgan fingerprint density at radius 3 is 2.64 bits per heavy atom. The Kier molecular flexibility index (Phi) is 3.26. The molecule has 0 fully saturated rings. The fourth-order valence-corrected chi connectivity index (χ4v) is 1.75. The Labute approximate surface area is 88.8 Å². The minimum atomic E-state index is -0.315. The maximum absolute atomic E-state index is 11.8. The van der Waals surface area contributed by atoms with Crippen molar-refractivity contribution in [3.8, 4) is 0 Å². The number of hydrogen-bond acceptors (Lipinski definition) is 3. The van der Waals surface area contributed by atoms with Crippen LogP contribution in [0.15, 0.2) is 10.9 Å². The van der Waals surface area contributed by atoms with Gasteiger partial charge in [-0.2, -0.15) is 0 Å². The van der Waals surface area contributed by atoms with Gasteiger partial charge in [-0.15, -0.1) is 11.3 Å². The first-order valence-electron chi connectivity index (χ1n) is 4.54. The van der Waals surface area contributed by atoms with Crippen molar-refractivity contribution in [2.75, 3.05) is 7.05 Å². The third-order valence-electron chi connectivity index (χ3n) is 1.87. The van der Waals surface area contributed by atoms with Gasteiger partial charge in [-0.25, -0.2) is 4.98 Å². The van der Waals surface area contributed by atoms with Crippen molar-refractivity contribution in [2.45, 2.75) is 27.3 Å². The first-order chi connectivity index (χ1) is 6.41. The molecule has 0 unspecified atom stereocenters. The lowest BCUT2D eigenvalue weighted by atomic mass is 9.95. The maximum atomic E-state index is 11.8. The van der Waals surface area contributed by atoms with Crippen LogP contribution in [-0.4, -0.2) is 22.8 Å². The van der Waals surface area contributed by atoms with Crippen LogP contribution in [-0.2, 0) is 11.3 Å². The number of rotatable bonds is 2. The standard InChI is InChI=1S/C10H16N2OS/c1-10(2,3)9(13)12(4)5-8-6-14-7-11-8/h6-7H,5H2,1-4H3. The van der Waals surface area contributed by atoms with E-state index in [2.05, 4.69) is 4.98 Å². The molecular weight excluding hydrogens is 196 g/mol. The van der Waals surface area contributed by atoms with E-state index >= 15 is 0 Å². The van der Waals surface area contributed by atoms with E-state index in [-0.39, 0.29) is 11.3 Å². The Morgan fingerprint density at radius 1 is 1.57 bits per heavy atom. The summed E-state index contributed by atoms with van der Waals surface area (Å²) in [7, 11) is 1.81. The summed E-state index contributed by atoms with van der Waals surface area (Å²) in [5.74, 6) is 0.144. The number of hydrogen-bond donors (Lipinski definition) is 0. The molecule has 0 aromatic carbocycles. The van der Waals surface area contributed by atoms with Crippen LogP contribution in [0.2, 0.25) is 0 Å². The van der Waals surface area contributed by atoms with Crippen molar-refractivity contribution in [1.29, 1.82) is 0 Å². The Morgan fingerprint density at radius 2 is 2.21 bits per heavy atom. The molecule has 0 bridgehead atoms. The van der Waals surface area contributed by atoms with E-state index < -0.39 is 0 Å². The van der Waals surface area contributed by atoms with Gasteiger partial charge in [0, 0.05) is 17.8 Å². The van der Waals surface area contributed by atoms with E-state index in [1.165, 1.54) is 0 Å². The number of nitrogens with zero attached hydrogens (tertiary/aromatic N) is 2. The van der Waals surface area contributed by atoms with E-state index in [4.69, 9.17) is 0 Å². The second kappa shape index (κ2) is 4.09. The molecule has 1 rings (SSSR count). The highest BCUT2D eigenvalue weighted by atomic mass is 32.1. The lowest BCUT2D eigenvalue weighted by molar-refractivity contribution is -0.138. The molecule has 1 aromatic heterocycles. The summed E-state index contributed by atoms with van der Waals surface area (Å²) < 4.78 is 0. The molecule has 3 nitrogen and oxygen atoms in total. The highest BCUT2D eigenvalue weighted by Gasteiger charge is 2.24. The summed E-state index contributed by atoms with van der Waals surface area (Å²) >= 11 is 1.55. The van der Waals surface area contributed by atoms with Gasteiger partial charge in [0.15, 0.2) is 0 Å². The van der Waals surface area contributed by atoms with Gasteiger partial charge in [0.25, 0.3) is 0 Å². The summed E-state index contributed by atoms with van der Waals surface area (Å²) in [6.07, 6.45) is 0. The van der Waals surface area contributed by atoms with Crippen LogP contribution >= 0.6 is 11.3 Å². The quantitative estimate of drug-likeness (QED) is 0.752. The van der Waals surface area contributed by atoms with Gasteiger partial charge in [0.05, 0.1) is 17.7 Å². The average molecular weight is 212 g/mol. The zero-order chi connectivity index (χ0) is 10.8. The minimum Gasteiger partial charge on any atom is -0.339 e. The Balaban J connectivity index is 2.59. The Bertz CT molecular complexity index is 300. The maximum Gasteiger partial charge on any atom is 0.228 e. The molecule has 0 radical (unpaired) electrons. The van der Waals surface area contributed by atoms with E-state index in [1.54, 1.807) is 21.7 Å². The van der Waals surface area contributed by atoms with Gasteiger partial charge >= 0.3 is 0 Å². The smallest absolute Gasteiger partial charge is 0.228 e. The normalized spacial score (nSPS) is 11.4. The molecular formula is C10H16N2OS. The van der Waals surface area contributed by atoms with Crippen LogP contribution in [0.25, 0.3) is 0 Å². The monoisotopic (exact) mass is 212 g/mol. The largest absolute Gasteiger partial charge is 0.339 e. The lowest BCUT2D eigenvalue weighted by Gasteiger charge is -2.25. The molecule has 0 aliphatic rings. The fourth-order valence-electron chi connectivity index (χ4n) is 1.20. The summed E-state index contributed by atoms with van der Waals surface area (Å²) in [6.45, 7) is 6.37. The molecule has 78 valence electrons. The van der Waals surface area contributed by atoms with Crippen molar-refractivity contribution < 1.29 is 4.79 Å². The molecule has 0 spiro atoms. The average Bonchev–Trinajstić information content (AvgIpc) is 2.53. The zero-order valence-electron chi connectivity index (χ0n) is 9.07. The number of thiazole rings is 1. The van der Waals surface area contributed by atoms with Gasteiger partial charge in [-0.1, -0.05) is 20.8 Å². The molecule has 0 N–H and O–H groups in total. The molecule has 0 saturated heterocycles. The second-order valence-electron chi connectivity index (χ2n) is 4.39. The van der Waals surface area contributed by atoms with E-state index in [9.17, 15) is 4.79 Å². The SMILES string of the molecule is CN(Cc1cscn1)C(=O)C(C)(C)C. The van der Waals surface area contributed by atoms with Crippen molar-refractivity contribution in [3.63, 3.8) is 0 Å². The molecule has 0 aliphatic heterocycles. The van der Waals surface area contributed by atoms with Crippen molar-refractivity contribution in [2.24, 2.45) is 5.41 Å². The molecule has 1 heterocycles. The number of aromatic nitrogens is 1. The van der Waals surface area contributed by atoms with E-state index in [0.29, 0.717) is 6.54 Å². The van der Waals surface area contributed by atoms with E-state index in [0.717, 1.165) is 5.69 Å². The van der Waals surface area contributed by atoms with Crippen molar-refractivity contribution in [3.05, 3.63) is 16.6 Å². The zero-order valence-corrected chi connectivity index (χ0v) is 9.89. The third-order valence-corrected chi connectivity index (χ3v) is 2.51. The molecule has 1 amide bonds. The van der Waals surface area contributed by atoms with Crippen LogP contribution in [0.3, 0.4) is 0 Å². The van der Waals surface area contributed by atoms with E-state index in [1.807, 2.05) is 33.2 Å². The summed E-state index contributed by atoms with van der Waals surface area (Å²) in [5.41, 5.74) is 2.42. The van der Waals surface area contributed by atoms with Gasteiger partial charge in [0.1, 0.15) is 0 Å². The summed E-state index contributed by atoms with van der Waals surface area (Å²) in [4.78, 5) is 17.7. The van der Waals surface area contributed by atoms with Crippen LogP contribution in [0, 0.1) is 5.41 Å². The molecule has 0 atom stereocenters. The lowest BCUT2D eigenvalue weighted by Crippen LogP contribution is -2.36. The topological polar surface area (TPSA) is 33.2 Å². The number of carbonyl (C=O) groups excluding carboxylic acids is 1. The van der Waals surface area contributed by atoms with Crippen molar-refractivity contribution in [1.82, 2.24) is 9.88 Å². The first-order valence-corrected chi connectivity index (χ1v) is 5.48.